The van der Waals surface area contributed by atoms with Crippen LogP contribution in [-0.4, -0.2) is 18.0 Å². The number of aromatic hydroxyl groups is 1. The number of nitriles is 1. The van der Waals surface area contributed by atoms with Gasteiger partial charge in [-0.05, 0) is 39.7 Å². The third-order valence-electron chi connectivity index (χ3n) is 2.63. The molecule has 0 bridgehead atoms. The Morgan fingerprint density at radius 2 is 2.05 bits per heavy atom. The van der Waals surface area contributed by atoms with Crippen LogP contribution in [-0.2, 0) is 4.79 Å². The Morgan fingerprint density at radius 1 is 1.45 bits per heavy atom. The number of allylic oxidation sites excluding steroid dienone is 1. The molecule has 0 atom stereocenters. The second-order valence-corrected chi connectivity index (χ2v) is 6.16. The van der Waals surface area contributed by atoms with Crippen LogP contribution in [0, 0.1) is 16.7 Å². The molecule has 0 aliphatic heterocycles. The molecule has 0 unspecified atom stereocenters. The highest BCUT2D eigenvalue weighted by Gasteiger charge is 2.25. The lowest BCUT2D eigenvalue weighted by Gasteiger charge is -2.15. The Bertz CT molecular complexity index is 607. The van der Waals surface area contributed by atoms with Gasteiger partial charge in [0.25, 0.3) is 0 Å². The average Bonchev–Trinajstić information content (AvgIpc) is 2.37. The van der Waals surface area contributed by atoms with Gasteiger partial charge in [-0.2, -0.15) is 5.26 Å². The Balaban J connectivity index is 3.32. The summed E-state index contributed by atoms with van der Waals surface area (Å²) in [5.41, 5.74) is 0.0394. The largest absolute Gasteiger partial charge is 0.503 e. The van der Waals surface area contributed by atoms with E-state index < -0.39 is 5.41 Å². The van der Waals surface area contributed by atoms with E-state index in [4.69, 9.17) is 10.00 Å². The number of ether oxygens (including phenoxy) is 1. The summed E-state index contributed by atoms with van der Waals surface area (Å²) in [5, 5.41) is 18.9. The molecule has 20 heavy (non-hydrogen) atoms. The van der Waals surface area contributed by atoms with E-state index >= 15 is 0 Å². The van der Waals surface area contributed by atoms with Crippen molar-refractivity contribution in [2.45, 2.75) is 20.8 Å². The van der Waals surface area contributed by atoms with Crippen LogP contribution >= 0.6 is 15.9 Å². The van der Waals surface area contributed by atoms with Gasteiger partial charge in [0.2, 0.25) is 0 Å². The zero-order valence-corrected chi connectivity index (χ0v) is 13.4. The zero-order valence-electron chi connectivity index (χ0n) is 11.8. The fourth-order valence-electron chi connectivity index (χ4n) is 1.55. The van der Waals surface area contributed by atoms with E-state index in [1.807, 2.05) is 6.07 Å². The van der Waals surface area contributed by atoms with Crippen molar-refractivity contribution in [3.05, 3.63) is 27.7 Å². The Kier molecular flexibility index (Phi) is 4.96. The SMILES string of the molecule is COc1cc(C=C(C#N)C(=O)C(C)(C)C)cc(Br)c1O. The molecule has 0 saturated heterocycles. The number of hydrogen-bond acceptors (Lipinski definition) is 4. The maximum atomic E-state index is 12.1. The smallest absolute Gasteiger partial charge is 0.178 e. The summed E-state index contributed by atoms with van der Waals surface area (Å²) >= 11 is 3.20. The van der Waals surface area contributed by atoms with Gasteiger partial charge in [0, 0.05) is 5.41 Å². The van der Waals surface area contributed by atoms with Crippen molar-refractivity contribution in [1.82, 2.24) is 0 Å². The molecule has 0 aliphatic carbocycles. The summed E-state index contributed by atoms with van der Waals surface area (Å²) in [6.07, 6.45) is 1.49. The molecule has 0 saturated carbocycles. The first-order valence-corrected chi connectivity index (χ1v) is 6.73. The number of carbonyl (C=O) groups excluding carboxylic acids is 1. The Hall–Kier alpha value is -1.80. The number of rotatable bonds is 3. The van der Waals surface area contributed by atoms with Crippen LogP contribution in [0.25, 0.3) is 6.08 Å². The topological polar surface area (TPSA) is 70.3 Å². The van der Waals surface area contributed by atoms with Gasteiger partial charge in [0.05, 0.1) is 17.2 Å². The lowest BCUT2D eigenvalue weighted by atomic mass is 9.86. The van der Waals surface area contributed by atoms with E-state index in [0.29, 0.717) is 10.0 Å². The highest BCUT2D eigenvalue weighted by atomic mass is 79.9. The van der Waals surface area contributed by atoms with Gasteiger partial charge in [-0.15, -0.1) is 0 Å². The Labute approximate surface area is 126 Å². The fourth-order valence-corrected chi connectivity index (χ4v) is 2.01. The van der Waals surface area contributed by atoms with Crippen LogP contribution in [0.2, 0.25) is 0 Å². The van der Waals surface area contributed by atoms with Crippen molar-refractivity contribution in [2.24, 2.45) is 5.41 Å². The van der Waals surface area contributed by atoms with E-state index in [9.17, 15) is 9.90 Å². The number of phenols is 1. The first kappa shape index (κ1) is 16.3. The summed E-state index contributed by atoms with van der Waals surface area (Å²) in [6, 6.07) is 5.10. The van der Waals surface area contributed by atoms with Crippen LogP contribution < -0.4 is 4.74 Å². The molecule has 0 aliphatic rings. The van der Waals surface area contributed by atoms with E-state index in [2.05, 4.69) is 15.9 Å². The number of Topliss-reactive ketones (excluding diaryl/α,β-unsaturated/α-hetero) is 1. The van der Waals surface area contributed by atoms with Gasteiger partial charge < -0.3 is 9.84 Å². The molecule has 1 N–H and O–H groups in total. The molecular weight excluding hydrogens is 322 g/mol. The lowest BCUT2D eigenvalue weighted by Crippen LogP contribution is -2.21. The molecule has 0 fully saturated rings. The number of carbonyl (C=O) groups is 1. The van der Waals surface area contributed by atoms with Gasteiger partial charge in [0.15, 0.2) is 17.3 Å². The summed E-state index contributed by atoms with van der Waals surface area (Å²) in [6.45, 7) is 5.27. The van der Waals surface area contributed by atoms with E-state index in [1.165, 1.54) is 13.2 Å². The number of phenolic OH excluding ortho intramolecular Hbond substituents is 1. The molecular formula is C15H16BrNO3. The van der Waals surface area contributed by atoms with Crippen LogP contribution in [0.4, 0.5) is 0 Å². The van der Waals surface area contributed by atoms with Crippen molar-refractivity contribution in [3.8, 4) is 17.6 Å². The highest BCUT2D eigenvalue weighted by molar-refractivity contribution is 9.10. The number of halogens is 1. The van der Waals surface area contributed by atoms with Crippen LogP contribution in [0.15, 0.2) is 22.2 Å². The molecule has 1 rings (SSSR count). The molecule has 0 heterocycles. The molecule has 4 nitrogen and oxygen atoms in total. The van der Waals surface area contributed by atoms with Crippen molar-refractivity contribution < 1.29 is 14.6 Å². The van der Waals surface area contributed by atoms with E-state index in [-0.39, 0.29) is 22.9 Å². The van der Waals surface area contributed by atoms with E-state index in [1.54, 1.807) is 32.9 Å². The van der Waals surface area contributed by atoms with Crippen molar-refractivity contribution in [3.63, 3.8) is 0 Å². The first-order chi connectivity index (χ1) is 9.20. The molecule has 0 spiro atoms. The van der Waals surface area contributed by atoms with Gasteiger partial charge in [-0.1, -0.05) is 20.8 Å². The number of methoxy groups -OCH3 is 1. The fraction of sp³-hybridized carbons (Fsp3) is 0.333. The maximum Gasteiger partial charge on any atom is 0.178 e. The number of nitrogens with zero attached hydrogens (tertiary/aromatic N) is 1. The zero-order chi connectivity index (χ0) is 15.5. The molecule has 1 aromatic rings. The maximum absolute atomic E-state index is 12.1. The predicted octanol–water partition coefficient (Wildman–Crippen LogP) is 3.69. The van der Waals surface area contributed by atoms with Gasteiger partial charge in [0.1, 0.15) is 6.07 Å². The van der Waals surface area contributed by atoms with Gasteiger partial charge in [-0.25, -0.2) is 0 Å². The normalized spacial score (nSPS) is 11.9. The second kappa shape index (κ2) is 6.10. The number of benzene rings is 1. The Morgan fingerprint density at radius 3 is 2.50 bits per heavy atom. The monoisotopic (exact) mass is 337 g/mol. The second-order valence-electron chi connectivity index (χ2n) is 5.30. The third kappa shape index (κ3) is 3.61. The molecule has 0 radical (unpaired) electrons. The minimum Gasteiger partial charge on any atom is -0.503 e. The van der Waals surface area contributed by atoms with Crippen LogP contribution in [0.3, 0.4) is 0 Å². The molecule has 0 aromatic heterocycles. The summed E-state index contributed by atoms with van der Waals surface area (Å²) < 4.78 is 5.47. The number of ketones is 1. The predicted molar refractivity (Wildman–Crippen MR) is 80.4 cm³/mol. The minimum atomic E-state index is -0.625. The highest BCUT2D eigenvalue weighted by Crippen LogP contribution is 2.36. The van der Waals surface area contributed by atoms with Crippen LogP contribution in [0.1, 0.15) is 26.3 Å². The van der Waals surface area contributed by atoms with E-state index in [0.717, 1.165) is 0 Å². The summed E-state index contributed by atoms with van der Waals surface area (Å²) in [5.74, 6) is 0.0135. The standard InChI is InChI=1S/C15H16BrNO3/c1-15(2,3)14(19)10(8-17)5-9-6-11(16)13(18)12(7-9)20-4/h5-7,18H,1-4H3. The molecule has 1 aromatic carbocycles. The lowest BCUT2D eigenvalue weighted by molar-refractivity contribution is -0.121. The molecule has 106 valence electrons. The van der Waals surface area contributed by atoms with Gasteiger partial charge in [-0.3, -0.25) is 4.79 Å². The summed E-state index contributed by atoms with van der Waals surface area (Å²) in [4.78, 5) is 12.1. The van der Waals surface area contributed by atoms with Crippen molar-refractivity contribution >= 4 is 27.8 Å². The van der Waals surface area contributed by atoms with Crippen LogP contribution in [0.5, 0.6) is 11.5 Å². The van der Waals surface area contributed by atoms with Crippen molar-refractivity contribution in [2.75, 3.05) is 7.11 Å². The summed E-state index contributed by atoms with van der Waals surface area (Å²) in [7, 11) is 1.43. The quantitative estimate of drug-likeness (QED) is 0.674. The number of hydrogen-bond donors (Lipinski definition) is 1. The minimum absolute atomic E-state index is 0.0229. The third-order valence-corrected chi connectivity index (χ3v) is 3.23. The molecule has 0 amide bonds. The average molecular weight is 338 g/mol. The van der Waals surface area contributed by atoms with Crippen molar-refractivity contribution in [1.29, 1.82) is 5.26 Å². The first-order valence-electron chi connectivity index (χ1n) is 5.93. The van der Waals surface area contributed by atoms with Gasteiger partial charge >= 0.3 is 0 Å². The molecule has 5 heteroatoms.